The predicted molar refractivity (Wildman–Crippen MR) is 79.0 cm³/mol. The van der Waals surface area contributed by atoms with Gasteiger partial charge in [0.1, 0.15) is 11.9 Å². The molecule has 0 spiro atoms. The SMILES string of the molecule is Cc1ccc(CC2C3NCCN3C(=O)c3cccn32)cn1. The van der Waals surface area contributed by atoms with Gasteiger partial charge in [0.2, 0.25) is 0 Å². The molecule has 2 unspecified atom stereocenters. The number of fused-ring (bicyclic) bond motifs is 2. The molecule has 5 nitrogen and oxygen atoms in total. The summed E-state index contributed by atoms with van der Waals surface area (Å²) in [5.41, 5.74) is 3.02. The molecule has 21 heavy (non-hydrogen) atoms. The number of aromatic nitrogens is 2. The van der Waals surface area contributed by atoms with E-state index in [9.17, 15) is 4.79 Å². The molecule has 0 aliphatic carbocycles. The van der Waals surface area contributed by atoms with Crippen molar-refractivity contribution in [3.05, 3.63) is 53.6 Å². The zero-order valence-corrected chi connectivity index (χ0v) is 12.0. The van der Waals surface area contributed by atoms with Crippen LogP contribution in [0.4, 0.5) is 0 Å². The van der Waals surface area contributed by atoms with E-state index in [1.54, 1.807) is 0 Å². The molecule has 0 saturated carbocycles. The van der Waals surface area contributed by atoms with Crippen LogP contribution < -0.4 is 5.32 Å². The van der Waals surface area contributed by atoms with Gasteiger partial charge in [0.15, 0.2) is 0 Å². The van der Waals surface area contributed by atoms with Crippen LogP contribution in [0.25, 0.3) is 0 Å². The van der Waals surface area contributed by atoms with Crippen LogP contribution in [0.3, 0.4) is 0 Å². The van der Waals surface area contributed by atoms with Crippen molar-refractivity contribution in [1.29, 1.82) is 0 Å². The third-order valence-corrected chi connectivity index (χ3v) is 4.44. The maximum Gasteiger partial charge on any atom is 0.271 e. The third-order valence-electron chi connectivity index (χ3n) is 4.44. The Morgan fingerprint density at radius 2 is 2.29 bits per heavy atom. The second-order valence-corrected chi connectivity index (χ2v) is 5.78. The molecule has 1 amide bonds. The molecule has 108 valence electrons. The fourth-order valence-corrected chi connectivity index (χ4v) is 3.39. The van der Waals surface area contributed by atoms with Gasteiger partial charge in [-0.1, -0.05) is 6.07 Å². The van der Waals surface area contributed by atoms with Crippen LogP contribution in [0.2, 0.25) is 0 Å². The largest absolute Gasteiger partial charge is 0.337 e. The fourth-order valence-electron chi connectivity index (χ4n) is 3.39. The topological polar surface area (TPSA) is 50.2 Å². The summed E-state index contributed by atoms with van der Waals surface area (Å²) in [5, 5.41) is 3.47. The lowest BCUT2D eigenvalue weighted by atomic mass is 10.0. The van der Waals surface area contributed by atoms with E-state index in [0.717, 1.165) is 30.9 Å². The summed E-state index contributed by atoms with van der Waals surface area (Å²) in [6, 6.07) is 8.26. The van der Waals surface area contributed by atoms with Crippen LogP contribution in [0.15, 0.2) is 36.7 Å². The zero-order chi connectivity index (χ0) is 14.4. The number of carbonyl (C=O) groups excluding carboxylic acids is 1. The molecule has 1 saturated heterocycles. The van der Waals surface area contributed by atoms with Crippen molar-refractivity contribution >= 4 is 5.91 Å². The predicted octanol–water partition coefficient (Wildman–Crippen LogP) is 1.36. The van der Waals surface area contributed by atoms with E-state index in [2.05, 4.69) is 20.9 Å². The standard InChI is InChI=1S/C16H18N4O/c1-11-4-5-12(10-18-11)9-14-15-17-6-8-20(15)16(21)13-3-2-7-19(13)14/h2-5,7,10,14-15,17H,6,8-9H2,1H3. The van der Waals surface area contributed by atoms with Crippen LogP contribution in [0, 0.1) is 6.92 Å². The average Bonchev–Trinajstić information content (AvgIpc) is 3.15. The van der Waals surface area contributed by atoms with Gasteiger partial charge in [0.25, 0.3) is 5.91 Å². The molecular weight excluding hydrogens is 264 g/mol. The lowest BCUT2D eigenvalue weighted by Crippen LogP contribution is -2.51. The molecule has 4 heterocycles. The highest BCUT2D eigenvalue weighted by molar-refractivity contribution is 5.94. The zero-order valence-electron chi connectivity index (χ0n) is 12.0. The molecule has 2 aromatic heterocycles. The Morgan fingerprint density at radius 3 is 3.10 bits per heavy atom. The van der Waals surface area contributed by atoms with E-state index < -0.39 is 0 Å². The molecule has 0 bridgehead atoms. The van der Waals surface area contributed by atoms with Crippen molar-refractivity contribution < 1.29 is 4.79 Å². The van der Waals surface area contributed by atoms with E-state index in [1.165, 1.54) is 5.56 Å². The van der Waals surface area contributed by atoms with E-state index in [-0.39, 0.29) is 18.1 Å². The molecule has 2 atom stereocenters. The Morgan fingerprint density at radius 1 is 1.38 bits per heavy atom. The Hall–Kier alpha value is -2.14. The van der Waals surface area contributed by atoms with Gasteiger partial charge in [-0.2, -0.15) is 0 Å². The van der Waals surface area contributed by atoms with Crippen LogP contribution in [-0.2, 0) is 6.42 Å². The van der Waals surface area contributed by atoms with Crippen molar-refractivity contribution in [2.75, 3.05) is 13.1 Å². The molecule has 5 heteroatoms. The molecular formula is C16H18N4O. The summed E-state index contributed by atoms with van der Waals surface area (Å²) in [7, 11) is 0. The quantitative estimate of drug-likeness (QED) is 0.905. The molecule has 2 aliphatic rings. The van der Waals surface area contributed by atoms with Crippen molar-refractivity contribution in [2.24, 2.45) is 0 Å². The second kappa shape index (κ2) is 4.70. The van der Waals surface area contributed by atoms with Gasteiger partial charge in [-0.25, -0.2) is 0 Å². The first-order valence-corrected chi connectivity index (χ1v) is 7.37. The number of amides is 1. The number of aryl methyl sites for hydroxylation is 1. The number of nitrogens with zero attached hydrogens (tertiary/aromatic N) is 3. The first-order chi connectivity index (χ1) is 10.2. The molecule has 4 rings (SSSR count). The van der Waals surface area contributed by atoms with Crippen molar-refractivity contribution in [3.63, 3.8) is 0 Å². The average molecular weight is 282 g/mol. The molecule has 0 radical (unpaired) electrons. The smallest absolute Gasteiger partial charge is 0.271 e. The number of pyridine rings is 1. The van der Waals surface area contributed by atoms with Gasteiger partial charge in [-0.3, -0.25) is 15.1 Å². The van der Waals surface area contributed by atoms with Gasteiger partial charge in [0.05, 0.1) is 6.04 Å². The minimum absolute atomic E-state index is 0.0821. The molecule has 0 aromatic carbocycles. The highest BCUT2D eigenvalue weighted by Gasteiger charge is 2.41. The van der Waals surface area contributed by atoms with E-state index in [1.807, 2.05) is 42.4 Å². The Labute approximate surface area is 123 Å². The van der Waals surface area contributed by atoms with Crippen LogP contribution in [0.1, 0.15) is 27.8 Å². The van der Waals surface area contributed by atoms with Gasteiger partial charge in [0, 0.05) is 31.2 Å². The van der Waals surface area contributed by atoms with Crippen molar-refractivity contribution in [1.82, 2.24) is 19.8 Å². The maximum absolute atomic E-state index is 12.5. The molecule has 1 N–H and O–H groups in total. The summed E-state index contributed by atoms with van der Waals surface area (Å²) >= 11 is 0. The monoisotopic (exact) mass is 282 g/mol. The summed E-state index contributed by atoms with van der Waals surface area (Å²) in [5.74, 6) is 0.133. The number of nitrogens with one attached hydrogen (secondary N) is 1. The fraction of sp³-hybridized carbons (Fsp3) is 0.375. The highest BCUT2D eigenvalue weighted by Crippen LogP contribution is 2.30. The first kappa shape index (κ1) is 12.6. The Balaban J connectivity index is 1.71. The Kier molecular flexibility index (Phi) is 2.82. The minimum atomic E-state index is 0.0821. The molecule has 2 aromatic rings. The van der Waals surface area contributed by atoms with Gasteiger partial charge < -0.3 is 9.47 Å². The Bertz CT molecular complexity index is 676. The highest BCUT2D eigenvalue weighted by atomic mass is 16.2. The van der Waals surface area contributed by atoms with Gasteiger partial charge >= 0.3 is 0 Å². The van der Waals surface area contributed by atoms with Crippen molar-refractivity contribution in [2.45, 2.75) is 25.6 Å². The minimum Gasteiger partial charge on any atom is -0.337 e. The van der Waals surface area contributed by atoms with E-state index in [0.29, 0.717) is 0 Å². The molecule has 2 aliphatic heterocycles. The second-order valence-electron chi connectivity index (χ2n) is 5.78. The van der Waals surface area contributed by atoms with Crippen LogP contribution in [-0.4, -0.2) is 39.6 Å². The van der Waals surface area contributed by atoms with Crippen LogP contribution >= 0.6 is 0 Å². The van der Waals surface area contributed by atoms with E-state index >= 15 is 0 Å². The van der Waals surface area contributed by atoms with Crippen molar-refractivity contribution in [3.8, 4) is 0 Å². The number of rotatable bonds is 2. The van der Waals surface area contributed by atoms with Gasteiger partial charge in [-0.15, -0.1) is 0 Å². The molecule has 1 fully saturated rings. The third kappa shape index (κ3) is 1.96. The normalized spacial score (nSPS) is 24.0. The van der Waals surface area contributed by atoms with Gasteiger partial charge in [-0.05, 0) is 37.1 Å². The summed E-state index contributed by atoms with van der Waals surface area (Å²) in [6.45, 7) is 3.65. The number of carbonyl (C=O) groups is 1. The van der Waals surface area contributed by atoms with Crippen LogP contribution in [0.5, 0.6) is 0 Å². The number of hydrogen-bond acceptors (Lipinski definition) is 3. The maximum atomic E-state index is 12.5. The summed E-state index contributed by atoms with van der Waals surface area (Å²) in [6.07, 6.45) is 4.90. The first-order valence-electron chi connectivity index (χ1n) is 7.37. The summed E-state index contributed by atoms with van der Waals surface area (Å²) in [4.78, 5) is 18.8. The lowest BCUT2D eigenvalue weighted by molar-refractivity contribution is 0.0592. The lowest BCUT2D eigenvalue weighted by Gasteiger charge is -2.38. The van der Waals surface area contributed by atoms with E-state index in [4.69, 9.17) is 0 Å². The summed E-state index contributed by atoms with van der Waals surface area (Å²) < 4.78 is 2.11. The number of hydrogen-bond donors (Lipinski definition) is 1.